The average Bonchev–Trinajstić information content (AvgIpc) is 3.02. The van der Waals surface area contributed by atoms with Gasteiger partial charge < -0.3 is 9.47 Å². The number of nitrogens with two attached hydrogens (primary N) is 1. The Kier molecular flexibility index (Phi) is 4.57. The number of hydrogen-bond acceptors (Lipinski definition) is 5. The van der Waals surface area contributed by atoms with Crippen LogP contribution in [0.5, 0.6) is 5.75 Å². The number of nitrogens with zero attached hydrogens (tertiary/aromatic N) is 2. The molecule has 2 rings (SSSR count). The molecule has 1 aliphatic rings. The van der Waals surface area contributed by atoms with E-state index in [2.05, 4.69) is 17.4 Å². The SMILES string of the molecule is CCCn1ncc(OC)c1C(NN)C1CCOC1. The summed E-state index contributed by atoms with van der Waals surface area (Å²) < 4.78 is 12.8. The third kappa shape index (κ3) is 2.50. The lowest BCUT2D eigenvalue weighted by Crippen LogP contribution is -2.35. The van der Waals surface area contributed by atoms with Gasteiger partial charge in [-0.05, 0) is 12.8 Å². The molecule has 6 nitrogen and oxygen atoms in total. The van der Waals surface area contributed by atoms with Gasteiger partial charge in [0.2, 0.25) is 0 Å². The quantitative estimate of drug-likeness (QED) is 0.581. The van der Waals surface area contributed by atoms with E-state index in [-0.39, 0.29) is 6.04 Å². The molecule has 0 aliphatic carbocycles. The highest BCUT2D eigenvalue weighted by Gasteiger charge is 2.31. The molecule has 0 bridgehead atoms. The van der Waals surface area contributed by atoms with Crippen molar-refractivity contribution < 1.29 is 9.47 Å². The van der Waals surface area contributed by atoms with E-state index in [1.54, 1.807) is 13.3 Å². The molecule has 2 unspecified atom stereocenters. The van der Waals surface area contributed by atoms with Crippen molar-refractivity contribution >= 4 is 0 Å². The fraction of sp³-hybridized carbons (Fsp3) is 0.750. The number of hydrazine groups is 1. The Morgan fingerprint density at radius 2 is 2.56 bits per heavy atom. The summed E-state index contributed by atoms with van der Waals surface area (Å²) in [5.74, 6) is 6.89. The lowest BCUT2D eigenvalue weighted by Gasteiger charge is -2.23. The van der Waals surface area contributed by atoms with Crippen molar-refractivity contribution in [2.24, 2.45) is 11.8 Å². The normalized spacial score (nSPS) is 21.2. The minimum atomic E-state index is 0.0245. The van der Waals surface area contributed by atoms with Crippen LogP contribution >= 0.6 is 0 Å². The van der Waals surface area contributed by atoms with E-state index in [1.807, 2.05) is 4.68 Å². The maximum atomic E-state index is 5.73. The van der Waals surface area contributed by atoms with Crippen molar-refractivity contribution in [3.8, 4) is 5.75 Å². The summed E-state index contributed by atoms with van der Waals surface area (Å²) in [5, 5.41) is 4.37. The Morgan fingerprint density at radius 1 is 1.72 bits per heavy atom. The van der Waals surface area contributed by atoms with Crippen LogP contribution in [0.4, 0.5) is 0 Å². The Balaban J connectivity index is 2.29. The smallest absolute Gasteiger partial charge is 0.161 e. The van der Waals surface area contributed by atoms with Crippen LogP contribution in [0, 0.1) is 5.92 Å². The van der Waals surface area contributed by atoms with Crippen LogP contribution in [0.25, 0.3) is 0 Å². The molecule has 2 heterocycles. The molecule has 1 fully saturated rings. The van der Waals surface area contributed by atoms with Gasteiger partial charge in [0.25, 0.3) is 0 Å². The summed E-state index contributed by atoms with van der Waals surface area (Å²) in [6.07, 6.45) is 3.79. The first-order valence-electron chi connectivity index (χ1n) is 6.45. The number of aryl methyl sites for hydroxylation is 1. The van der Waals surface area contributed by atoms with E-state index in [9.17, 15) is 0 Å². The number of nitrogens with one attached hydrogen (secondary N) is 1. The minimum absolute atomic E-state index is 0.0245. The lowest BCUT2D eigenvalue weighted by atomic mass is 9.96. The van der Waals surface area contributed by atoms with E-state index < -0.39 is 0 Å². The molecule has 1 aromatic rings. The average molecular weight is 254 g/mol. The Hall–Kier alpha value is -1.11. The largest absolute Gasteiger partial charge is 0.493 e. The first-order valence-corrected chi connectivity index (χ1v) is 6.45. The third-order valence-corrected chi connectivity index (χ3v) is 3.41. The molecule has 1 aliphatic heterocycles. The Bertz CT molecular complexity index is 374. The zero-order chi connectivity index (χ0) is 13.0. The summed E-state index contributed by atoms with van der Waals surface area (Å²) in [7, 11) is 1.66. The molecule has 6 heteroatoms. The highest BCUT2D eigenvalue weighted by Crippen LogP contribution is 2.33. The van der Waals surface area contributed by atoms with Crippen LogP contribution in [-0.2, 0) is 11.3 Å². The van der Waals surface area contributed by atoms with Gasteiger partial charge in [0, 0.05) is 19.1 Å². The fourth-order valence-electron chi connectivity index (χ4n) is 2.49. The summed E-state index contributed by atoms with van der Waals surface area (Å²) in [4.78, 5) is 0. The highest BCUT2D eigenvalue weighted by molar-refractivity contribution is 5.29. The van der Waals surface area contributed by atoms with Gasteiger partial charge in [-0.2, -0.15) is 5.10 Å². The van der Waals surface area contributed by atoms with E-state index in [1.165, 1.54) is 0 Å². The molecule has 3 N–H and O–H groups in total. The molecule has 0 aromatic carbocycles. The third-order valence-electron chi connectivity index (χ3n) is 3.41. The van der Waals surface area contributed by atoms with Gasteiger partial charge in [-0.1, -0.05) is 6.92 Å². The highest BCUT2D eigenvalue weighted by atomic mass is 16.5. The van der Waals surface area contributed by atoms with E-state index >= 15 is 0 Å². The van der Waals surface area contributed by atoms with Gasteiger partial charge >= 0.3 is 0 Å². The van der Waals surface area contributed by atoms with Crippen molar-refractivity contribution in [3.05, 3.63) is 11.9 Å². The Labute approximate surface area is 107 Å². The topological polar surface area (TPSA) is 74.3 Å². The maximum Gasteiger partial charge on any atom is 0.161 e. The van der Waals surface area contributed by atoms with Gasteiger partial charge in [-0.25, -0.2) is 0 Å². The molecule has 1 aromatic heterocycles. The number of ether oxygens (including phenoxy) is 2. The van der Waals surface area contributed by atoms with Gasteiger partial charge in [-0.15, -0.1) is 0 Å². The van der Waals surface area contributed by atoms with Crippen LogP contribution in [-0.4, -0.2) is 30.1 Å². The Morgan fingerprint density at radius 3 is 3.11 bits per heavy atom. The van der Waals surface area contributed by atoms with Crippen LogP contribution in [0.1, 0.15) is 31.5 Å². The van der Waals surface area contributed by atoms with Crippen molar-refractivity contribution in [1.82, 2.24) is 15.2 Å². The summed E-state index contributed by atoms with van der Waals surface area (Å²) in [6.45, 7) is 4.52. The molecule has 0 amide bonds. The molecule has 102 valence electrons. The number of methoxy groups -OCH3 is 1. The van der Waals surface area contributed by atoms with E-state index in [4.69, 9.17) is 15.3 Å². The lowest BCUT2D eigenvalue weighted by molar-refractivity contribution is 0.175. The fourth-order valence-corrected chi connectivity index (χ4v) is 2.49. The monoisotopic (exact) mass is 254 g/mol. The number of rotatable bonds is 6. The predicted octanol–water partition coefficient (Wildman–Crippen LogP) is 0.843. The second-order valence-corrected chi connectivity index (χ2v) is 4.59. The first kappa shape index (κ1) is 13.3. The second kappa shape index (κ2) is 6.17. The van der Waals surface area contributed by atoms with Gasteiger partial charge in [-0.3, -0.25) is 16.0 Å². The predicted molar refractivity (Wildman–Crippen MR) is 68.1 cm³/mol. The molecule has 0 saturated carbocycles. The van der Waals surface area contributed by atoms with Crippen LogP contribution in [0.3, 0.4) is 0 Å². The van der Waals surface area contributed by atoms with Crippen molar-refractivity contribution in [3.63, 3.8) is 0 Å². The van der Waals surface area contributed by atoms with Gasteiger partial charge in [0.1, 0.15) is 0 Å². The summed E-state index contributed by atoms with van der Waals surface area (Å²) in [6, 6.07) is 0.0245. The molecular formula is C12H22N4O2. The summed E-state index contributed by atoms with van der Waals surface area (Å²) >= 11 is 0. The van der Waals surface area contributed by atoms with Gasteiger partial charge in [0.15, 0.2) is 5.75 Å². The molecule has 18 heavy (non-hydrogen) atoms. The van der Waals surface area contributed by atoms with Crippen molar-refractivity contribution in [2.45, 2.75) is 32.4 Å². The summed E-state index contributed by atoms with van der Waals surface area (Å²) in [5.41, 5.74) is 3.92. The molecule has 1 saturated heterocycles. The van der Waals surface area contributed by atoms with E-state index in [0.717, 1.165) is 44.0 Å². The standard InChI is InChI=1S/C12H22N4O2/c1-3-5-16-12(10(17-2)7-14-16)11(15-13)9-4-6-18-8-9/h7,9,11,15H,3-6,8,13H2,1-2H3. The zero-order valence-electron chi connectivity index (χ0n) is 11.1. The minimum Gasteiger partial charge on any atom is -0.493 e. The molecule has 0 spiro atoms. The molecule has 2 atom stereocenters. The second-order valence-electron chi connectivity index (χ2n) is 4.59. The molecular weight excluding hydrogens is 232 g/mol. The van der Waals surface area contributed by atoms with E-state index in [0.29, 0.717) is 5.92 Å². The van der Waals surface area contributed by atoms with Gasteiger partial charge in [0.05, 0.1) is 31.6 Å². The number of hydrogen-bond donors (Lipinski definition) is 2. The molecule has 0 radical (unpaired) electrons. The van der Waals surface area contributed by atoms with Crippen LogP contribution < -0.4 is 16.0 Å². The van der Waals surface area contributed by atoms with Crippen molar-refractivity contribution in [1.29, 1.82) is 0 Å². The number of aromatic nitrogens is 2. The zero-order valence-corrected chi connectivity index (χ0v) is 11.1. The maximum absolute atomic E-state index is 5.73. The first-order chi connectivity index (χ1) is 8.81. The van der Waals surface area contributed by atoms with Crippen molar-refractivity contribution in [2.75, 3.05) is 20.3 Å². The van der Waals surface area contributed by atoms with Crippen LogP contribution in [0.15, 0.2) is 6.20 Å². The van der Waals surface area contributed by atoms with Crippen LogP contribution in [0.2, 0.25) is 0 Å².